The second-order valence-electron chi connectivity index (χ2n) is 20.5. The average molecular weight is 1090 g/mol. The standard InChI is InChI=1S/C64H113O11P/c1-4-7-10-13-16-19-22-25-28-30-33-35-38-41-44-47-50-53-62(66)71-57-61(75-64(68)55-52-49-46-43-40-37-34-31-29-26-23-20-17-14-11-8-5-2)59-73-76(69,70)72-58-60(56-65)74-63(67)54-51-48-45-42-39-36-32-27-24-21-18-15-12-9-6-3/h7-8,10-11,16-17,19-20,25-26,28-29,60-61,65H,4-6,9,12-15,18,21-24,27,30-59H2,1-3H3,(H,69,70)/b10-7-,11-8-,19-16-,20-17-,28-25-,29-26-. The van der Waals surface area contributed by atoms with Crippen LogP contribution in [0.15, 0.2) is 72.9 Å². The normalized spacial score (nSPS) is 13.8. The van der Waals surface area contributed by atoms with Crippen LogP contribution in [0.2, 0.25) is 0 Å². The number of aliphatic hydroxyl groups is 1. The van der Waals surface area contributed by atoms with E-state index >= 15 is 0 Å². The lowest BCUT2D eigenvalue weighted by Gasteiger charge is -2.21. The minimum atomic E-state index is -4.76. The fourth-order valence-corrected chi connectivity index (χ4v) is 9.29. The zero-order valence-electron chi connectivity index (χ0n) is 48.7. The van der Waals surface area contributed by atoms with E-state index in [0.29, 0.717) is 19.3 Å². The Kier molecular flexibility index (Phi) is 55.7. The molecule has 0 rings (SSSR count). The molecule has 0 aromatic heterocycles. The van der Waals surface area contributed by atoms with Gasteiger partial charge in [-0.3, -0.25) is 23.4 Å². The summed E-state index contributed by atoms with van der Waals surface area (Å²) in [5.41, 5.74) is 0. The zero-order chi connectivity index (χ0) is 55.5. The van der Waals surface area contributed by atoms with Crippen LogP contribution >= 0.6 is 7.82 Å². The smallest absolute Gasteiger partial charge is 0.462 e. The summed E-state index contributed by atoms with van der Waals surface area (Å²) < 4.78 is 39.6. The molecule has 0 saturated carbocycles. The summed E-state index contributed by atoms with van der Waals surface area (Å²) in [4.78, 5) is 48.7. The Hall–Kier alpha value is -3.08. The van der Waals surface area contributed by atoms with Gasteiger partial charge in [0.05, 0.1) is 19.8 Å². The Morgan fingerprint density at radius 1 is 0.382 bits per heavy atom. The van der Waals surface area contributed by atoms with E-state index < -0.39 is 57.8 Å². The highest BCUT2D eigenvalue weighted by Gasteiger charge is 2.28. The second-order valence-corrected chi connectivity index (χ2v) is 21.9. The maximum absolute atomic E-state index is 12.9. The molecule has 0 amide bonds. The van der Waals surface area contributed by atoms with Crippen molar-refractivity contribution in [1.82, 2.24) is 0 Å². The first kappa shape index (κ1) is 72.9. The van der Waals surface area contributed by atoms with Gasteiger partial charge >= 0.3 is 25.7 Å². The Balaban J connectivity index is 4.72. The highest BCUT2D eigenvalue weighted by Crippen LogP contribution is 2.43. The number of unbranched alkanes of at least 4 members (excludes halogenated alkanes) is 28. The van der Waals surface area contributed by atoms with Crippen LogP contribution in [-0.4, -0.2) is 66.5 Å². The largest absolute Gasteiger partial charge is 0.472 e. The van der Waals surface area contributed by atoms with Crippen LogP contribution < -0.4 is 0 Å². The van der Waals surface area contributed by atoms with Gasteiger partial charge in [0, 0.05) is 19.3 Å². The summed E-state index contributed by atoms with van der Waals surface area (Å²) in [5, 5.41) is 9.84. The summed E-state index contributed by atoms with van der Waals surface area (Å²) in [6.07, 6.45) is 65.6. The summed E-state index contributed by atoms with van der Waals surface area (Å²) in [6, 6.07) is 0. The molecule has 11 nitrogen and oxygen atoms in total. The highest BCUT2D eigenvalue weighted by atomic mass is 31.2. The SMILES string of the molecule is CC/C=C\C/C=C\C/C=C\CCCCCCCCCC(=O)OCC(COP(=O)(O)OCC(CO)OC(=O)CCCCCCCCCCCCCCCCC)OC(=O)CCCCCCCCC/C=C\C/C=C\C/C=C\CC. The molecule has 0 aliphatic rings. The number of esters is 3. The number of rotatable bonds is 57. The molecule has 0 heterocycles. The average Bonchev–Trinajstić information content (AvgIpc) is 3.41. The monoisotopic (exact) mass is 1090 g/mol. The molecule has 0 bridgehead atoms. The molecule has 0 spiro atoms. The van der Waals surface area contributed by atoms with Crippen molar-refractivity contribution in [3.05, 3.63) is 72.9 Å². The van der Waals surface area contributed by atoms with E-state index in [9.17, 15) is 28.9 Å². The summed E-state index contributed by atoms with van der Waals surface area (Å²) in [5.74, 6) is -1.48. The number of hydrogen-bond donors (Lipinski definition) is 2. The molecule has 76 heavy (non-hydrogen) atoms. The lowest BCUT2D eigenvalue weighted by Crippen LogP contribution is -2.30. The van der Waals surface area contributed by atoms with E-state index in [1.807, 2.05) is 0 Å². The number of carbonyl (C=O) groups excluding carboxylic acids is 3. The molecule has 0 aromatic rings. The molecule has 0 aliphatic carbocycles. The van der Waals surface area contributed by atoms with E-state index in [2.05, 4.69) is 93.7 Å². The van der Waals surface area contributed by atoms with Crippen LogP contribution in [0.4, 0.5) is 0 Å². The van der Waals surface area contributed by atoms with Gasteiger partial charge in [-0.05, 0) is 83.5 Å². The van der Waals surface area contributed by atoms with Crippen LogP contribution in [-0.2, 0) is 42.2 Å². The maximum atomic E-state index is 12.9. The lowest BCUT2D eigenvalue weighted by atomic mass is 10.0. The molecular formula is C64H113O11P. The van der Waals surface area contributed by atoms with Crippen molar-refractivity contribution >= 4 is 25.7 Å². The molecule has 0 aliphatic heterocycles. The van der Waals surface area contributed by atoms with Crippen LogP contribution in [0.5, 0.6) is 0 Å². The van der Waals surface area contributed by atoms with Crippen molar-refractivity contribution in [2.45, 2.75) is 290 Å². The number of allylic oxidation sites excluding steroid dienone is 12. The fourth-order valence-electron chi connectivity index (χ4n) is 8.50. The Morgan fingerprint density at radius 2 is 0.684 bits per heavy atom. The van der Waals surface area contributed by atoms with Gasteiger partial charge in [-0.15, -0.1) is 0 Å². The predicted octanol–water partition coefficient (Wildman–Crippen LogP) is 18.5. The molecule has 0 radical (unpaired) electrons. The number of phosphoric ester groups is 1. The van der Waals surface area contributed by atoms with Gasteiger partial charge in [0.2, 0.25) is 0 Å². The Morgan fingerprint density at radius 3 is 1.05 bits per heavy atom. The molecule has 2 N–H and O–H groups in total. The van der Waals surface area contributed by atoms with Gasteiger partial charge in [-0.25, -0.2) is 4.57 Å². The molecule has 0 fully saturated rings. The van der Waals surface area contributed by atoms with Crippen molar-refractivity contribution in [3.63, 3.8) is 0 Å². The first-order valence-electron chi connectivity index (χ1n) is 30.8. The van der Waals surface area contributed by atoms with Gasteiger partial charge in [0.25, 0.3) is 0 Å². The summed E-state index contributed by atoms with van der Waals surface area (Å²) in [6.45, 7) is 4.44. The lowest BCUT2D eigenvalue weighted by molar-refractivity contribution is -0.161. The molecule has 440 valence electrons. The predicted molar refractivity (Wildman–Crippen MR) is 316 cm³/mol. The van der Waals surface area contributed by atoms with Gasteiger partial charge < -0.3 is 24.2 Å². The molecule has 12 heteroatoms. The van der Waals surface area contributed by atoms with E-state index in [1.54, 1.807) is 0 Å². The number of aliphatic hydroxyl groups excluding tert-OH is 1. The van der Waals surface area contributed by atoms with Crippen molar-refractivity contribution in [3.8, 4) is 0 Å². The zero-order valence-corrected chi connectivity index (χ0v) is 49.6. The maximum Gasteiger partial charge on any atom is 0.472 e. The van der Waals surface area contributed by atoms with Gasteiger partial charge in [0.1, 0.15) is 12.7 Å². The first-order chi connectivity index (χ1) is 37.2. The molecule has 0 aromatic carbocycles. The van der Waals surface area contributed by atoms with Crippen LogP contribution in [0.3, 0.4) is 0 Å². The van der Waals surface area contributed by atoms with Gasteiger partial charge in [0.15, 0.2) is 6.10 Å². The van der Waals surface area contributed by atoms with Crippen LogP contribution in [0, 0.1) is 0 Å². The van der Waals surface area contributed by atoms with E-state index in [0.717, 1.165) is 128 Å². The number of ether oxygens (including phenoxy) is 3. The molecule has 3 atom stereocenters. The highest BCUT2D eigenvalue weighted by molar-refractivity contribution is 7.47. The van der Waals surface area contributed by atoms with Crippen LogP contribution in [0.1, 0.15) is 278 Å². The minimum absolute atomic E-state index is 0.153. The van der Waals surface area contributed by atoms with E-state index in [4.69, 9.17) is 23.3 Å². The minimum Gasteiger partial charge on any atom is -0.462 e. The summed E-state index contributed by atoms with van der Waals surface area (Å²) in [7, 11) is -4.76. The molecule has 0 saturated heterocycles. The van der Waals surface area contributed by atoms with Crippen LogP contribution in [0.25, 0.3) is 0 Å². The van der Waals surface area contributed by atoms with Crippen molar-refractivity contribution < 1.29 is 52.2 Å². The number of phosphoric acid groups is 1. The Bertz CT molecular complexity index is 1550. The van der Waals surface area contributed by atoms with Gasteiger partial charge in [-0.1, -0.05) is 248 Å². The number of hydrogen-bond acceptors (Lipinski definition) is 10. The van der Waals surface area contributed by atoms with E-state index in [-0.39, 0.29) is 25.9 Å². The summed E-state index contributed by atoms with van der Waals surface area (Å²) >= 11 is 0. The van der Waals surface area contributed by atoms with Crippen molar-refractivity contribution in [2.24, 2.45) is 0 Å². The molecular weight excluding hydrogens is 976 g/mol. The van der Waals surface area contributed by atoms with Gasteiger partial charge in [-0.2, -0.15) is 0 Å². The third kappa shape index (κ3) is 55.7. The molecule has 3 unspecified atom stereocenters. The second kappa shape index (κ2) is 58.1. The quantitative estimate of drug-likeness (QED) is 0.0197. The number of carbonyl (C=O) groups is 3. The fraction of sp³-hybridized carbons (Fsp3) is 0.766. The topological polar surface area (TPSA) is 155 Å². The third-order valence-corrected chi connectivity index (χ3v) is 14.1. The van der Waals surface area contributed by atoms with Crippen molar-refractivity contribution in [1.29, 1.82) is 0 Å². The van der Waals surface area contributed by atoms with Crippen molar-refractivity contribution in [2.75, 3.05) is 26.4 Å². The Labute approximate surface area is 465 Å². The third-order valence-electron chi connectivity index (χ3n) is 13.1. The first-order valence-corrected chi connectivity index (χ1v) is 32.3. The van der Waals surface area contributed by atoms with E-state index in [1.165, 1.54) is 89.9 Å².